The van der Waals surface area contributed by atoms with Crippen molar-refractivity contribution in [3.8, 4) is 0 Å². The monoisotopic (exact) mass is 672 g/mol. The van der Waals surface area contributed by atoms with Gasteiger partial charge in [-0.2, -0.15) is 10.2 Å². The number of carbonyl (C=O) groups is 2. The number of ether oxygens (including phenoxy) is 3. The summed E-state index contributed by atoms with van der Waals surface area (Å²) in [6.07, 6.45) is 0.646. The van der Waals surface area contributed by atoms with Crippen LogP contribution < -0.4 is 0 Å². The third-order valence-corrected chi connectivity index (χ3v) is 10.2. The number of aldehydes is 1. The van der Waals surface area contributed by atoms with E-state index in [1.54, 1.807) is 6.07 Å². The fourth-order valence-corrected chi connectivity index (χ4v) is 5.68. The van der Waals surface area contributed by atoms with Gasteiger partial charge in [-0.15, -0.1) is 0 Å². The average molecular weight is 673 g/mol. The van der Waals surface area contributed by atoms with Crippen molar-refractivity contribution in [2.24, 2.45) is 0 Å². The van der Waals surface area contributed by atoms with E-state index in [0.717, 1.165) is 12.1 Å². The molecule has 15 nitrogen and oxygen atoms in total. The first kappa shape index (κ1) is 36.1. The number of carbonyl (C=O) groups excluding carboxylic acids is 2. The highest BCUT2D eigenvalue weighted by molar-refractivity contribution is 6.76. The zero-order valence-electron chi connectivity index (χ0n) is 27.1. The summed E-state index contributed by atoms with van der Waals surface area (Å²) in [4.78, 5) is 43.8. The molecule has 0 aliphatic heterocycles. The highest BCUT2D eigenvalue weighted by atomic mass is 28.3. The smallest absolute Gasteiger partial charge is 0.359 e. The first-order valence-corrected chi connectivity index (χ1v) is 21.9. The lowest BCUT2D eigenvalue weighted by Crippen LogP contribution is -2.22. The number of methoxy groups -OCH3 is 1. The van der Waals surface area contributed by atoms with Gasteiger partial charge >= 0.3 is 5.97 Å². The van der Waals surface area contributed by atoms with Crippen LogP contribution in [0.25, 0.3) is 21.8 Å². The standard InChI is InChI=1S/C15H21N3O5Si.C14H19N3O4Si/c1-22-15(19)14-12-6-5-11(18(20)21)9-13(12)17(16-14)10-23-7-8-24(2,3)4;1-22(2,3)7-6-21-10-16-14-8-11(17(19)20)4-5-12(14)13(9-18)15-16/h5-6,9H,7-8,10H2,1-4H3;4-5,8-9H,6-7,10H2,1-3H3. The van der Waals surface area contributed by atoms with E-state index in [9.17, 15) is 29.8 Å². The second-order valence-electron chi connectivity index (χ2n) is 13.0. The van der Waals surface area contributed by atoms with E-state index in [0.29, 0.717) is 41.3 Å². The van der Waals surface area contributed by atoms with Gasteiger partial charge in [-0.05, 0) is 24.2 Å². The highest BCUT2D eigenvalue weighted by Crippen LogP contribution is 2.25. The number of fused-ring (bicyclic) bond motifs is 2. The zero-order valence-corrected chi connectivity index (χ0v) is 29.1. The summed E-state index contributed by atoms with van der Waals surface area (Å²) >= 11 is 0. The Labute approximate surface area is 267 Å². The quantitative estimate of drug-likeness (QED) is 0.0376. The molecule has 4 aromatic rings. The maximum Gasteiger partial charge on any atom is 0.359 e. The molecule has 0 saturated carbocycles. The zero-order chi connectivity index (χ0) is 34.2. The van der Waals surface area contributed by atoms with Crippen molar-refractivity contribution in [3.63, 3.8) is 0 Å². The van der Waals surface area contributed by atoms with Crippen molar-refractivity contribution < 1.29 is 33.6 Å². The van der Waals surface area contributed by atoms with Crippen LogP contribution in [0.2, 0.25) is 51.4 Å². The summed E-state index contributed by atoms with van der Waals surface area (Å²) in [6.45, 7) is 15.0. The third-order valence-electron chi connectivity index (χ3n) is 6.83. The maximum atomic E-state index is 11.9. The van der Waals surface area contributed by atoms with E-state index in [4.69, 9.17) is 14.2 Å². The van der Waals surface area contributed by atoms with Crippen molar-refractivity contribution in [1.29, 1.82) is 0 Å². The number of esters is 1. The van der Waals surface area contributed by atoms with Gasteiger partial charge in [0.25, 0.3) is 11.4 Å². The molecule has 0 aliphatic rings. The largest absolute Gasteiger partial charge is 0.464 e. The van der Waals surface area contributed by atoms with Crippen LogP contribution in [0.1, 0.15) is 21.0 Å². The number of non-ortho nitro benzene ring substituents is 2. The molecule has 0 radical (unpaired) electrons. The molecular weight excluding hydrogens is 633 g/mol. The molecule has 0 unspecified atom stereocenters. The summed E-state index contributed by atoms with van der Waals surface area (Å²) < 4.78 is 18.9. The van der Waals surface area contributed by atoms with Gasteiger partial charge < -0.3 is 14.2 Å². The fourth-order valence-electron chi connectivity index (χ4n) is 4.17. The Morgan fingerprint density at radius 3 is 1.70 bits per heavy atom. The first-order valence-electron chi connectivity index (χ1n) is 14.5. The van der Waals surface area contributed by atoms with Gasteiger partial charge in [0.2, 0.25) is 0 Å². The van der Waals surface area contributed by atoms with Gasteiger partial charge in [0, 0.05) is 64.4 Å². The Hall–Kier alpha value is -4.33. The van der Waals surface area contributed by atoms with Crippen LogP contribution in [-0.2, 0) is 27.7 Å². The molecule has 0 bridgehead atoms. The van der Waals surface area contributed by atoms with Gasteiger partial charge in [0.15, 0.2) is 12.0 Å². The van der Waals surface area contributed by atoms with Crippen molar-refractivity contribution in [2.75, 3.05) is 20.3 Å². The van der Waals surface area contributed by atoms with E-state index < -0.39 is 32.0 Å². The summed E-state index contributed by atoms with van der Waals surface area (Å²) in [7, 11) is -1.12. The molecule has 0 aliphatic carbocycles. The van der Waals surface area contributed by atoms with Crippen LogP contribution in [0, 0.1) is 20.2 Å². The molecule has 46 heavy (non-hydrogen) atoms. The molecule has 0 atom stereocenters. The van der Waals surface area contributed by atoms with Crippen LogP contribution >= 0.6 is 0 Å². The molecule has 248 valence electrons. The van der Waals surface area contributed by atoms with Gasteiger partial charge in [-0.1, -0.05) is 39.3 Å². The minimum Gasteiger partial charge on any atom is -0.464 e. The number of aromatic nitrogens is 4. The van der Waals surface area contributed by atoms with Gasteiger partial charge in [0.1, 0.15) is 19.2 Å². The Kier molecular flexibility index (Phi) is 12.0. The summed E-state index contributed by atoms with van der Waals surface area (Å²) in [5.74, 6) is -0.588. The minimum atomic E-state index is -1.21. The van der Waals surface area contributed by atoms with E-state index in [2.05, 4.69) is 49.5 Å². The van der Waals surface area contributed by atoms with Crippen LogP contribution in [0.15, 0.2) is 36.4 Å². The van der Waals surface area contributed by atoms with Crippen molar-refractivity contribution in [2.45, 2.75) is 64.8 Å². The number of nitro groups is 2. The number of hydrogen-bond acceptors (Lipinski definition) is 11. The summed E-state index contributed by atoms with van der Waals surface area (Å²) in [5.41, 5.74) is 1.28. The fraction of sp³-hybridized carbons (Fsp3) is 0.448. The molecule has 17 heteroatoms. The molecule has 0 fully saturated rings. The molecule has 0 N–H and O–H groups in total. The Bertz CT molecular complexity index is 1720. The predicted octanol–water partition coefficient (Wildman–Crippen LogP) is 6.11. The highest BCUT2D eigenvalue weighted by Gasteiger charge is 2.21. The number of hydrogen-bond donors (Lipinski definition) is 0. The first-order chi connectivity index (χ1) is 21.5. The van der Waals surface area contributed by atoms with Crippen molar-refractivity contribution in [3.05, 3.63) is 68.0 Å². The second-order valence-corrected chi connectivity index (χ2v) is 24.2. The van der Waals surface area contributed by atoms with E-state index in [-0.39, 0.29) is 36.2 Å². The third kappa shape index (κ3) is 9.84. The lowest BCUT2D eigenvalue weighted by Gasteiger charge is -2.15. The van der Waals surface area contributed by atoms with Gasteiger partial charge in [0.05, 0.1) is 28.0 Å². The van der Waals surface area contributed by atoms with E-state index in [1.165, 1.54) is 46.8 Å². The molecule has 2 aromatic heterocycles. The van der Waals surface area contributed by atoms with Gasteiger partial charge in [-0.3, -0.25) is 25.0 Å². The number of nitro benzene ring substituents is 2. The molecule has 2 heterocycles. The van der Waals surface area contributed by atoms with Crippen LogP contribution in [-0.4, -0.2) is 78.1 Å². The average Bonchev–Trinajstić information content (AvgIpc) is 3.53. The number of nitrogens with zero attached hydrogens (tertiary/aromatic N) is 6. The molecular formula is C29H40N6O9Si2. The molecule has 0 spiro atoms. The van der Waals surface area contributed by atoms with E-state index >= 15 is 0 Å². The van der Waals surface area contributed by atoms with E-state index in [1.807, 2.05) is 0 Å². The topological polar surface area (TPSA) is 184 Å². The molecule has 4 rings (SSSR count). The normalized spacial score (nSPS) is 11.7. The van der Waals surface area contributed by atoms with Crippen LogP contribution in [0.5, 0.6) is 0 Å². The molecule has 2 aromatic carbocycles. The lowest BCUT2D eigenvalue weighted by molar-refractivity contribution is -0.384. The minimum absolute atomic E-state index is 0.0341. The Morgan fingerprint density at radius 2 is 1.26 bits per heavy atom. The Balaban J connectivity index is 0.000000251. The van der Waals surface area contributed by atoms with Crippen molar-refractivity contribution >= 4 is 61.6 Å². The number of rotatable bonds is 14. The van der Waals surface area contributed by atoms with Crippen LogP contribution in [0.3, 0.4) is 0 Å². The molecule has 0 amide bonds. The van der Waals surface area contributed by atoms with Crippen LogP contribution in [0.4, 0.5) is 11.4 Å². The Morgan fingerprint density at radius 1 is 0.804 bits per heavy atom. The lowest BCUT2D eigenvalue weighted by atomic mass is 10.2. The number of benzene rings is 2. The van der Waals surface area contributed by atoms with Gasteiger partial charge in [-0.25, -0.2) is 14.2 Å². The van der Waals surface area contributed by atoms with Crippen molar-refractivity contribution in [1.82, 2.24) is 19.6 Å². The maximum absolute atomic E-state index is 11.9. The predicted molar refractivity (Wildman–Crippen MR) is 178 cm³/mol. The summed E-state index contributed by atoms with van der Waals surface area (Å²) in [5, 5.41) is 31.3. The summed E-state index contributed by atoms with van der Waals surface area (Å²) in [6, 6.07) is 10.6. The second kappa shape index (κ2) is 15.3. The SMILES string of the molecule is COC(=O)c1nn(COCC[Si](C)(C)C)c2cc([N+](=O)[O-])ccc12.C[Si](C)(C)CCOCn1nc(C=O)c2ccc([N+](=O)[O-])cc21. The molecule has 0 saturated heterocycles.